The number of carbonyl (C=O) groups is 3. The molecule has 4 aromatic rings. The smallest absolute Gasteiger partial charge is 0.334 e. The first kappa shape index (κ1) is 17.2. The van der Waals surface area contributed by atoms with E-state index in [0.717, 1.165) is 21.3 Å². The van der Waals surface area contributed by atoms with E-state index in [1.807, 2.05) is 24.3 Å². The number of amides is 2. The molecule has 0 bridgehead atoms. The number of fused-ring (bicyclic) bond motifs is 4. The van der Waals surface area contributed by atoms with Gasteiger partial charge in [-0.2, -0.15) is 0 Å². The summed E-state index contributed by atoms with van der Waals surface area (Å²) in [6, 6.07) is 18.1. The first-order valence-electron chi connectivity index (χ1n) is 9.14. The molecule has 1 aromatic heterocycles. The highest BCUT2D eigenvalue weighted by atomic mass is 16.5. The van der Waals surface area contributed by atoms with Gasteiger partial charge in [0.2, 0.25) is 0 Å². The van der Waals surface area contributed by atoms with Gasteiger partial charge in [-0.15, -0.1) is 0 Å². The monoisotopic (exact) mass is 385 g/mol. The number of hydrogen-bond donors (Lipinski definition) is 0. The van der Waals surface area contributed by atoms with Crippen LogP contribution in [0.4, 0.5) is 0 Å². The van der Waals surface area contributed by atoms with Crippen LogP contribution in [0.3, 0.4) is 0 Å². The number of imide groups is 1. The van der Waals surface area contributed by atoms with E-state index in [4.69, 9.17) is 9.15 Å². The first-order valence-corrected chi connectivity index (χ1v) is 9.14. The number of nitrogens with zero attached hydrogens (tertiary/aromatic N) is 1. The van der Waals surface area contributed by atoms with Gasteiger partial charge in [-0.05, 0) is 43.3 Å². The van der Waals surface area contributed by atoms with Crippen LogP contribution in [0.2, 0.25) is 0 Å². The van der Waals surface area contributed by atoms with Gasteiger partial charge in [0, 0.05) is 10.8 Å². The minimum atomic E-state index is -1.06. The highest BCUT2D eigenvalue weighted by Crippen LogP contribution is 2.32. The standard InChI is InChI=1S/C23H15NO5/c1-13(24-21(25)16-7-2-3-8-17(16)22(24)26)23(27)28-14-10-11-20-18(12-14)15-6-4-5-9-19(15)29-20/h2-13H,1H3/t13-/m0/s1. The second-order valence-electron chi connectivity index (χ2n) is 6.88. The van der Waals surface area contributed by atoms with E-state index in [1.165, 1.54) is 6.92 Å². The van der Waals surface area contributed by atoms with Crippen molar-refractivity contribution < 1.29 is 23.5 Å². The molecule has 5 rings (SSSR count). The Morgan fingerprint density at radius 2 is 1.48 bits per heavy atom. The van der Waals surface area contributed by atoms with Crippen LogP contribution < -0.4 is 4.74 Å². The summed E-state index contributed by atoms with van der Waals surface area (Å²) in [5.74, 6) is -1.36. The number of rotatable bonds is 3. The average molecular weight is 385 g/mol. The fraction of sp³-hybridized carbons (Fsp3) is 0.0870. The molecule has 0 radical (unpaired) electrons. The topological polar surface area (TPSA) is 76.8 Å². The minimum Gasteiger partial charge on any atom is -0.456 e. The van der Waals surface area contributed by atoms with E-state index in [2.05, 4.69) is 0 Å². The number of esters is 1. The third kappa shape index (κ3) is 2.61. The molecule has 29 heavy (non-hydrogen) atoms. The van der Waals surface area contributed by atoms with E-state index in [-0.39, 0.29) is 0 Å². The molecule has 142 valence electrons. The van der Waals surface area contributed by atoms with Crippen molar-refractivity contribution in [3.63, 3.8) is 0 Å². The Bertz CT molecular complexity index is 1280. The maximum atomic E-state index is 12.7. The van der Waals surface area contributed by atoms with Gasteiger partial charge in [0.05, 0.1) is 11.1 Å². The molecule has 1 aliphatic heterocycles. The predicted octanol–water partition coefficient (Wildman–Crippen LogP) is 4.18. The minimum absolute atomic E-state index is 0.295. The molecule has 0 fully saturated rings. The second kappa shape index (κ2) is 6.31. The molecule has 0 N–H and O–H groups in total. The fourth-order valence-electron chi connectivity index (χ4n) is 3.64. The molecular weight excluding hydrogens is 370 g/mol. The zero-order chi connectivity index (χ0) is 20.1. The van der Waals surface area contributed by atoms with Crippen LogP contribution in [0.1, 0.15) is 27.6 Å². The van der Waals surface area contributed by atoms with Crippen LogP contribution >= 0.6 is 0 Å². The maximum Gasteiger partial charge on any atom is 0.334 e. The van der Waals surface area contributed by atoms with E-state index in [9.17, 15) is 14.4 Å². The number of carbonyl (C=O) groups excluding carboxylic acids is 3. The highest BCUT2D eigenvalue weighted by molar-refractivity contribution is 6.22. The lowest BCUT2D eigenvalue weighted by Crippen LogP contribution is -2.44. The third-order valence-corrected chi connectivity index (χ3v) is 5.12. The summed E-state index contributed by atoms with van der Waals surface area (Å²) >= 11 is 0. The van der Waals surface area contributed by atoms with Crippen molar-refractivity contribution in [2.75, 3.05) is 0 Å². The lowest BCUT2D eigenvalue weighted by Gasteiger charge is -2.20. The van der Waals surface area contributed by atoms with Crippen molar-refractivity contribution >= 4 is 39.7 Å². The SMILES string of the molecule is C[C@@H](C(=O)Oc1ccc2oc3ccccc3c2c1)N1C(=O)c2ccccc2C1=O. The fourth-order valence-corrected chi connectivity index (χ4v) is 3.64. The van der Waals surface area contributed by atoms with Gasteiger partial charge in [-0.3, -0.25) is 14.5 Å². The highest BCUT2D eigenvalue weighted by Gasteiger charge is 2.41. The summed E-state index contributed by atoms with van der Waals surface area (Å²) in [7, 11) is 0. The van der Waals surface area contributed by atoms with E-state index < -0.39 is 23.8 Å². The Morgan fingerprint density at radius 1 is 0.862 bits per heavy atom. The molecule has 1 atom stereocenters. The molecule has 0 saturated carbocycles. The molecule has 0 saturated heterocycles. The van der Waals surface area contributed by atoms with Crippen molar-refractivity contribution in [3.05, 3.63) is 77.9 Å². The molecule has 0 aliphatic carbocycles. The molecular formula is C23H15NO5. The molecule has 0 spiro atoms. The van der Waals surface area contributed by atoms with E-state index in [1.54, 1.807) is 42.5 Å². The third-order valence-electron chi connectivity index (χ3n) is 5.12. The Morgan fingerprint density at radius 3 is 2.21 bits per heavy atom. The first-order chi connectivity index (χ1) is 14.0. The second-order valence-corrected chi connectivity index (χ2v) is 6.88. The van der Waals surface area contributed by atoms with Gasteiger partial charge in [-0.25, -0.2) is 4.79 Å². The summed E-state index contributed by atoms with van der Waals surface area (Å²) in [5, 5.41) is 1.73. The van der Waals surface area contributed by atoms with Crippen LogP contribution in [-0.2, 0) is 4.79 Å². The number of para-hydroxylation sites is 1. The quantitative estimate of drug-likeness (QED) is 0.300. The van der Waals surface area contributed by atoms with Gasteiger partial charge in [0.1, 0.15) is 23.0 Å². The Balaban J connectivity index is 1.42. The molecule has 2 amide bonds. The predicted molar refractivity (Wildman–Crippen MR) is 106 cm³/mol. The molecule has 6 heteroatoms. The van der Waals surface area contributed by atoms with Crippen molar-refractivity contribution in [1.82, 2.24) is 4.90 Å². The molecule has 0 unspecified atom stereocenters. The van der Waals surface area contributed by atoms with E-state index >= 15 is 0 Å². The summed E-state index contributed by atoms with van der Waals surface area (Å²) in [6.45, 7) is 1.48. The zero-order valence-electron chi connectivity index (χ0n) is 15.4. The normalized spacial score (nSPS) is 14.4. The average Bonchev–Trinajstić information content (AvgIpc) is 3.23. The summed E-state index contributed by atoms with van der Waals surface area (Å²) in [6.07, 6.45) is 0. The largest absolute Gasteiger partial charge is 0.456 e. The van der Waals surface area contributed by atoms with Crippen LogP contribution in [0.5, 0.6) is 5.75 Å². The molecule has 2 heterocycles. The van der Waals surface area contributed by atoms with Gasteiger partial charge in [0.25, 0.3) is 11.8 Å². The molecule has 6 nitrogen and oxygen atoms in total. The Kier molecular flexibility index (Phi) is 3.74. The van der Waals surface area contributed by atoms with Crippen LogP contribution in [0, 0.1) is 0 Å². The number of hydrogen-bond acceptors (Lipinski definition) is 5. The van der Waals surface area contributed by atoms with Crippen molar-refractivity contribution in [3.8, 4) is 5.75 Å². The Labute approximate surface area is 165 Å². The number of ether oxygens (including phenoxy) is 1. The van der Waals surface area contributed by atoms with Crippen molar-refractivity contribution in [2.24, 2.45) is 0 Å². The Hall–Kier alpha value is -3.93. The molecule has 1 aliphatic rings. The van der Waals surface area contributed by atoms with Gasteiger partial charge >= 0.3 is 5.97 Å². The van der Waals surface area contributed by atoms with Crippen molar-refractivity contribution in [2.45, 2.75) is 13.0 Å². The van der Waals surface area contributed by atoms with Gasteiger partial charge in [0.15, 0.2) is 0 Å². The van der Waals surface area contributed by atoms with Crippen LogP contribution in [0.25, 0.3) is 21.9 Å². The zero-order valence-corrected chi connectivity index (χ0v) is 15.4. The number of furan rings is 1. The summed E-state index contributed by atoms with van der Waals surface area (Å²) in [5.41, 5.74) is 2.01. The number of benzene rings is 3. The van der Waals surface area contributed by atoms with E-state index in [0.29, 0.717) is 22.5 Å². The van der Waals surface area contributed by atoms with Gasteiger partial charge < -0.3 is 9.15 Å². The maximum absolute atomic E-state index is 12.7. The summed E-state index contributed by atoms with van der Waals surface area (Å²) in [4.78, 5) is 38.8. The van der Waals surface area contributed by atoms with Crippen LogP contribution in [-0.4, -0.2) is 28.7 Å². The summed E-state index contributed by atoms with van der Waals surface area (Å²) < 4.78 is 11.3. The van der Waals surface area contributed by atoms with Gasteiger partial charge in [-0.1, -0.05) is 30.3 Å². The lowest BCUT2D eigenvalue weighted by atomic mass is 10.1. The molecule has 3 aromatic carbocycles. The van der Waals surface area contributed by atoms with Crippen LogP contribution in [0.15, 0.2) is 71.1 Å². The van der Waals surface area contributed by atoms with Crippen molar-refractivity contribution in [1.29, 1.82) is 0 Å². The lowest BCUT2D eigenvalue weighted by molar-refractivity contribution is -0.138.